The Kier molecular flexibility index (Phi) is 8.77. The number of likely N-dealkylation sites (tertiary alicyclic amines) is 1. The number of amides is 1. The summed E-state index contributed by atoms with van der Waals surface area (Å²) in [5.74, 6) is 0.162. The van der Waals surface area contributed by atoms with Gasteiger partial charge in [-0.05, 0) is 52.5 Å². The van der Waals surface area contributed by atoms with Crippen molar-refractivity contribution in [2.75, 3.05) is 86.6 Å². The van der Waals surface area contributed by atoms with Gasteiger partial charge in [-0.25, -0.2) is 0 Å². The van der Waals surface area contributed by atoms with E-state index in [4.69, 9.17) is 0 Å². The van der Waals surface area contributed by atoms with Gasteiger partial charge in [-0.3, -0.25) is 14.6 Å². The first-order valence-electron chi connectivity index (χ1n) is 12.9. The Morgan fingerprint density at radius 1 is 0.909 bits per heavy atom. The van der Waals surface area contributed by atoms with Gasteiger partial charge < -0.3 is 20.0 Å². The highest BCUT2D eigenvalue weighted by Crippen LogP contribution is 2.27. The molecule has 33 heavy (non-hydrogen) atoms. The average molecular weight is 457 g/mol. The molecule has 4 rings (SSSR count). The quantitative estimate of drug-likeness (QED) is 0.651. The molecule has 1 aromatic carbocycles. The fraction of sp³-hybridized carbons (Fsp3) is 0.731. The summed E-state index contributed by atoms with van der Waals surface area (Å²) >= 11 is 0. The third-order valence-electron chi connectivity index (χ3n) is 8.06. The second kappa shape index (κ2) is 11.8. The van der Waals surface area contributed by atoms with E-state index in [0.717, 1.165) is 32.6 Å². The summed E-state index contributed by atoms with van der Waals surface area (Å²) in [4.78, 5) is 25.5. The van der Waals surface area contributed by atoms with Crippen molar-refractivity contribution in [2.45, 2.75) is 37.4 Å². The van der Waals surface area contributed by atoms with Crippen LogP contribution in [0.1, 0.15) is 18.4 Å². The lowest BCUT2D eigenvalue weighted by atomic mass is 9.89. The van der Waals surface area contributed by atoms with Crippen molar-refractivity contribution in [3.63, 3.8) is 0 Å². The van der Waals surface area contributed by atoms with Crippen LogP contribution < -0.4 is 5.32 Å². The first kappa shape index (κ1) is 24.6. The highest BCUT2D eigenvalue weighted by molar-refractivity contribution is 5.78. The molecule has 3 unspecified atom stereocenters. The summed E-state index contributed by atoms with van der Waals surface area (Å²) in [6, 6.07) is 12.0. The molecule has 0 radical (unpaired) electrons. The van der Waals surface area contributed by atoms with Crippen LogP contribution in [0.4, 0.5) is 0 Å². The zero-order valence-electron chi connectivity index (χ0n) is 21.0. The van der Waals surface area contributed by atoms with E-state index in [1.807, 2.05) is 6.07 Å². The molecular formula is C26H44N6O. The minimum Gasteiger partial charge on any atom is -0.355 e. The Balaban J connectivity index is 1.33. The number of carbonyl (C=O) groups is 1. The predicted octanol–water partition coefficient (Wildman–Crippen LogP) is 0.672. The maximum absolute atomic E-state index is 12.8. The van der Waals surface area contributed by atoms with Crippen LogP contribution in [0.25, 0.3) is 0 Å². The van der Waals surface area contributed by atoms with Gasteiger partial charge in [0.05, 0.1) is 6.54 Å². The molecule has 3 aliphatic rings. The van der Waals surface area contributed by atoms with Crippen molar-refractivity contribution < 1.29 is 4.79 Å². The van der Waals surface area contributed by atoms with Gasteiger partial charge >= 0.3 is 0 Å². The first-order valence-corrected chi connectivity index (χ1v) is 12.9. The van der Waals surface area contributed by atoms with Gasteiger partial charge in [-0.1, -0.05) is 30.3 Å². The lowest BCUT2D eigenvalue weighted by Crippen LogP contribution is -2.64. The Labute approximate surface area is 200 Å². The third kappa shape index (κ3) is 6.76. The number of rotatable bonds is 7. The summed E-state index contributed by atoms with van der Waals surface area (Å²) in [6.07, 6.45) is 3.36. The monoisotopic (exact) mass is 456 g/mol. The van der Waals surface area contributed by atoms with Crippen molar-refractivity contribution >= 4 is 5.91 Å². The molecule has 0 bridgehead atoms. The van der Waals surface area contributed by atoms with Crippen LogP contribution in [0.5, 0.6) is 0 Å². The van der Waals surface area contributed by atoms with Crippen LogP contribution in [0.15, 0.2) is 30.3 Å². The topological polar surface area (TPSA) is 45.3 Å². The molecule has 3 heterocycles. The molecule has 0 aliphatic carbocycles. The van der Waals surface area contributed by atoms with E-state index in [2.05, 4.69) is 75.2 Å². The van der Waals surface area contributed by atoms with Crippen molar-refractivity contribution in [1.29, 1.82) is 0 Å². The summed E-state index contributed by atoms with van der Waals surface area (Å²) in [5, 5.41) is 3.17. The molecule has 3 fully saturated rings. The number of nitrogens with zero attached hydrogens (tertiary/aromatic N) is 5. The van der Waals surface area contributed by atoms with Crippen molar-refractivity contribution in [3.05, 3.63) is 35.9 Å². The zero-order chi connectivity index (χ0) is 23.2. The van der Waals surface area contributed by atoms with E-state index in [-0.39, 0.29) is 5.91 Å². The van der Waals surface area contributed by atoms with Crippen LogP contribution in [0.3, 0.4) is 0 Å². The molecule has 1 N–H and O–H groups in total. The van der Waals surface area contributed by atoms with E-state index < -0.39 is 0 Å². The molecule has 3 atom stereocenters. The second-order valence-electron chi connectivity index (χ2n) is 10.5. The molecule has 1 amide bonds. The van der Waals surface area contributed by atoms with E-state index in [9.17, 15) is 4.79 Å². The van der Waals surface area contributed by atoms with Crippen LogP contribution in [0, 0.1) is 0 Å². The van der Waals surface area contributed by atoms with E-state index >= 15 is 0 Å². The maximum atomic E-state index is 12.8. The largest absolute Gasteiger partial charge is 0.355 e. The van der Waals surface area contributed by atoms with Gasteiger partial charge in [-0.2, -0.15) is 0 Å². The molecule has 0 spiro atoms. The zero-order valence-corrected chi connectivity index (χ0v) is 21.0. The number of hydrogen-bond acceptors (Lipinski definition) is 6. The van der Waals surface area contributed by atoms with Crippen LogP contribution in [-0.4, -0.2) is 135 Å². The second-order valence-corrected chi connectivity index (χ2v) is 10.5. The van der Waals surface area contributed by atoms with Gasteiger partial charge in [0.25, 0.3) is 0 Å². The predicted molar refractivity (Wildman–Crippen MR) is 135 cm³/mol. The molecule has 184 valence electrons. The van der Waals surface area contributed by atoms with E-state index in [1.54, 1.807) is 0 Å². The molecule has 1 aromatic rings. The van der Waals surface area contributed by atoms with Gasteiger partial charge in [0.2, 0.25) is 5.91 Å². The first-order chi connectivity index (χ1) is 16.0. The molecule has 0 aromatic heterocycles. The van der Waals surface area contributed by atoms with Crippen molar-refractivity contribution in [3.8, 4) is 0 Å². The molecule has 0 saturated carbocycles. The Morgan fingerprint density at radius 2 is 1.64 bits per heavy atom. The third-order valence-corrected chi connectivity index (χ3v) is 8.06. The molecule has 7 nitrogen and oxygen atoms in total. The Morgan fingerprint density at radius 3 is 2.39 bits per heavy atom. The number of carbonyl (C=O) groups excluding carboxylic acids is 1. The minimum absolute atomic E-state index is 0.162. The van der Waals surface area contributed by atoms with E-state index in [1.165, 1.54) is 44.6 Å². The van der Waals surface area contributed by atoms with Crippen LogP contribution in [-0.2, 0) is 11.2 Å². The summed E-state index contributed by atoms with van der Waals surface area (Å²) in [7, 11) is 6.75. The number of piperidine rings is 1. The number of nitrogens with one attached hydrogen (secondary N) is 1. The fourth-order valence-electron chi connectivity index (χ4n) is 5.85. The molecule has 7 heteroatoms. The normalized spacial score (nSPS) is 29.2. The highest BCUT2D eigenvalue weighted by atomic mass is 16.2. The minimum atomic E-state index is 0.162. The lowest BCUT2D eigenvalue weighted by Gasteiger charge is -2.51. The number of hydrogen-bond donors (Lipinski definition) is 1. The Hall–Kier alpha value is -1.51. The summed E-state index contributed by atoms with van der Waals surface area (Å²) in [6.45, 7) is 10.2. The molecule has 3 saturated heterocycles. The highest BCUT2D eigenvalue weighted by Gasteiger charge is 2.39. The van der Waals surface area contributed by atoms with Gasteiger partial charge in [0, 0.05) is 70.5 Å². The van der Waals surface area contributed by atoms with Gasteiger partial charge in [0.15, 0.2) is 0 Å². The Bertz CT molecular complexity index is 738. The smallest absolute Gasteiger partial charge is 0.234 e. The summed E-state index contributed by atoms with van der Waals surface area (Å²) < 4.78 is 0. The lowest BCUT2D eigenvalue weighted by molar-refractivity contribution is -0.124. The van der Waals surface area contributed by atoms with E-state index in [0.29, 0.717) is 31.2 Å². The standard InChI is InChI=1S/C26H44N6O/c1-28-13-16-31(17-14-28)23-10-12-30(3)24(19-23)25-20-29(2)15-18-32(25)21-26(33)27-11-9-22-7-5-4-6-8-22/h4-8,23-25H,9-21H2,1-3H3,(H,27,33). The molecule has 3 aliphatic heterocycles. The average Bonchev–Trinajstić information content (AvgIpc) is 2.82. The SMILES string of the molecule is CN1CCN(C2CCN(C)C(C3CN(C)CCN3CC(=O)NCCc3ccccc3)C2)CC1. The van der Waals surface area contributed by atoms with Gasteiger partial charge in [-0.15, -0.1) is 0 Å². The fourth-order valence-corrected chi connectivity index (χ4v) is 5.85. The summed E-state index contributed by atoms with van der Waals surface area (Å²) in [5.41, 5.74) is 1.27. The van der Waals surface area contributed by atoms with Crippen molar-refractivity contribution in [2.24, 2.45) is 0 Å². The number of likely N-dealkylation sites (N-methyl/N-ethyl adjacent to an activating group) is 3. The molecular weight excluding hydrogens is 412 g/mol. The van der Waals surface area contributed by atoms with Crippen LogP contribution in [0.2, 0.25) is 0 Å². The maximum Gasteiger partial charge on any atom is 0.234 e. The van der Waals surface area contributed by atoms with Gasteiger partial charge in [0.1, 0.15) is 0 Å². The number of benzene rings is 1. The number of piperazine rings is 2. The van der Waals surface area contributed by atoms with Crippen molar-refractivity contribution in [1.82, 2.24) is 29.8 Å². The van der Waals surface area contributed by atoms with Crippen LogP contribution >= 0.6 is 0 Å².